The molecule has 0 radical (unpaired) electrons. The van der Waals surface area contributed by atoms with Crippen molar-refractivity contribution >= 4 is 5.97 Å². The van der Waals surface area contributed by atoms with Gasteiger partial charge in [0.2, 0.25) is 0 Å². The van der Waals surface area contributed by atoms with Crippen molar-refractivity contribution in [3.63, 3.8) is 0 Å². The van der Waals surface area contributed by atoms with E-state index in [1.807, 2.05) is 44.2 Å². The summed E-state index contributed by atoms with van der Waals surface area (Å²) in [6, 6.07) is 9.58. The molecule has 1 unspecified atom stereocenters. The largest absolute Gasteiger partial charge is 0.494 e. The molecule has 3 nitrogen and oxygen atoms in total. The van der Waals surface area contributed by atoms with Crippen molar-refractivity contribution in [3.05, 3.63) is 30.3 Å². The van der Waals surface area contributed by atoms with Crippen LogP contribution in [0.1, 0.15) is 26.7 Å². The number of rotatable bonds is 7. The fourth-order valence-corrected chi connectivity index (χ4v) is 1.75. The maximum Gasteiger partial charge on any atom is 0.306 e. The summed E-state index contributed by atoms with van der Waals surface area (Å²) in [5.41, 5.74) is 0. The molecule has 3 heteroatoms. The first-order chi connectivity index (χ1) is 8.11. The minimum absolute atomic E-state index is 0.171. The number of para-hydroxylation sites is 1. The zero-order chi connectivity index (χ0) is 12.7. The van der Waals surface area contributed by atoms with Gasteiger partial charge in [0.25, 0.3) is 0 Å². The third-order valence-corrected chi connectivity index (χ3v) is 2.79. The summed E-state index contributed by atoms with van der Waals surface area (Å²) in [6.07, 6.45) is 1.43. The fourth-order valence-electron chi connectivity index (χ4n) is 1.75. The maximum atomic E-state index is 11.0. The highest BCUT2D eigenvalue weighted by Gasteiger charge is 2.20. The second-order valence-electron chi connectivity index (χ2n) is 4.49. The lowest BCUT2D eigenvalue weighted by Crippen LogP contribution is -2.20. The van der Waals surface area contributed by atoms with Crippen molar-refractivity contribution in [1.82, 2.24) is 0 Å². The molecule has 0 saturated heterocycles. The van der Waals surface area contributed by atoms with Crippen LogP contribution in [0.25, 0.3) is 0 Å². The maximum absolute atomic E-state index is 11.0. The highest BCUT2D eigenvalue weighted by molar-refractivity contribution is 5.70. The summed E-state index contributed by atoms with van der Waals surface area (Å²) in [5, 5.41) is 9.02. The number of hydrogen-bond acceptors (Lipinski definition) is 2. The van der Waals surface area contributed by atoms with Crippen LogP contribution in [0.3, 0.4) is 0 Å². The molecule has 94 valence electrons. The van der Waals surface area contributed by atoms with Crippen LogP contribution in [0.15, 0.2) is 30.3 Å². The molecule has 17 heavy (non-hydrogen) atoms. The molecule has 1 atom stereocenters. The summed E-state index contributed by atoms with van der Waals surface area (Å²) in [4.78, 5) is 11.0. The van der Waals surface area contributed by atoms with Crippen LogP contribution in [0.4, 0.5) is 0 Å². The molecule has 0 aromatic heterocycles. The van der Waals surface area contributed by atoms with Gasteiger partial charge in [-0.25, -0.2) is 0 Å². The predicted octanol–water partition coefficient (Wildman–Crippen LogP) is 3.20. The standard InChI is InChI=1S/C14H20O3/c1-11(2)13(14(15)16)9-6-10-17-12-7-4-3-5-8-12/h3-5,7-8,11,13H,6,9-10H2,1-2H3,(H,15,16). The highest BCUT2D eigenvalue weighted by atomic mass is 16.5. The van der Waals surface area contributed by atoms with E-state index in [0.29, 0.717) is 13.0 Å². The van der Waals surface area contributed by atoms with E-state index in [4.69, 9.17) is 9.84 Å². The van der Waals surface area contributed by atoms with Crippen LogP contribution in [0, 0.1) is 11.8 Å². The van der Waals surface area contributed by atoms with Gasteiger partial charge < -0.3 is 9.84 Å². The Morgan fingerprint density at radius 1 is 1.29 bits per heavy atom. The number of carboxylic acid groups (broad SMARTS) is 1. The van der Waals surface area contributed by atoms with E-state index in [1.54, 1.807) is 0 Å². The first kappa shape index (κ1) is 13.6. The first-order valence-corrected chi connectivity index (χ1v) is 6.02. The predicted molar refractivity (Wildman–Crippen MR) is 67.1 cm³/mol. The number of hydrogen-bond donors (Lipinski definition) is 1. The van der Waals surface area contributed by atoms with E-state index in [1.165, 1.54) is 0 Å². The lowest BCUT2D eigenvalue weighted by molar-refractivity contribution is -0.143. The van der Waals surface area contributed by atoms with Gasteiger partial charge in [0.05, 0.1) is 12.5 Å². The van der Waals surface area contributed by atoms with Gasteiger partial charge in [-0.3, -0.25) is 4.79 Å². The summed E-state index contributed by atoms with van der Waals surface area (Å²) >= 11 is 0. The van der Waals surface area contributed by atoms with Crippen molar-refractivity contribution in [1.29, 1.82) is 0 Å². The lowest BCUT2D eigenvalue weighted by atomic mass is 9.91. The second kappa shape index (κ2) is 6.94. The zero-order valence-corrected chi connectivity index (χ0v) is 10.4. The smallest absolute Gasteiger partial charge is 0.306 e. The number of benzene rings is 1. The van der Waals surface area contributed by atoms with Crippen LogP contribution < -0.4 is 4.74 Å². The Bertz CT molecular complexity index is 333. The van der Waals surface area contributed by atoms with Crippen molar-refractivity contribution in [3.8, 4) is 5.75 Å². The topological polar surface area (TPSA) is 46.5 Å². The molecule has 0 heterocycles. The molecule has 1 N–H and O–H groups in total. The Kier molecular flexibility index (Phi) is 5.53. The van der Waals surface area contributed by atoms with Gasteiger partial charge in [-0.1, -0.05) is 32.0 Å². The first-order valence-electron chi connectivity index (χ1n) is 6.02. The van der Waals surface area contributed by atoms with Gasteiger partial charge in [-0.15, -0.1) is 0 Å². The number of aliphatic carboxylic acids is 1. The van der Waals surface area contributed by atoms with Crippen molar-refractivity contribution in [2.45, 2.75) is 26.7 Å². The molecular weight excluding hydrogens is 216 g/mol. The Labute approximate surface area is 102 Å². The molecule has 1 rings (SSSR count). The Morgan fingerprint density at radius 2 is 1.94 bits per heavy atom. The van der Waals surface area contributed by atoms with E-state index < -0.39 is 5.97 Å². The van der Waals surface area contributed by atoms with E-state index in [9.17, 15) is 4.79 Å². The minimum Gasteiger partial charge on any atom is -0.494 e. The van der Waals surface area contributed by atoms with E-state index in [-0.39, 0.29) is 11.8 Å². The van der Waals surface area contributed by atoms with Gasteiger partial charge >= 0.3 is 5.97 Å². The quantitative estimate of drug-likeness (QED) is 0.739. The molecule has 0 aliphatic heterocycles. The Hall–Kier alpha value is -1.51. The molecule has 0 bridgehead atoms. The summed E-state index contributed by atoms with van der Waals surface area (Å²) in [5.74, 6) is 0.0298. The number of ether oxygens (including phenoxy) is 1. The Balaban J connectivity index is 2.26. The molecule has 1 aromatic carbocycles. The van der Waals surface area contributed by atoms with Crippen LogP contribution >= 0.6 is 0 Å². The molecular formula is C14H20O3. The number of carbonyl (C=O) groups is 1. The van der Waals surface area contributed by atoms with Crippen molar-refractivity contribution in [2.75, 3.05) is 6.61 Å². The van der Waals surface area contributed by atoms with Gasteiger partial charge in [0, 0.05) is 0 Å². The zero-order valence-electron chi connectivity index (χ0n) is 10.4. The van der Waals surface area contributed by atoms with Crippen LogP contribution in [0.5, 0.6) is 5.75 Å². The van der Waals surface area contributed by atoms with Crippen LogP contribution in [-0.4, -0.2) is 17.7 Å². The SMILES string of the molecule is CC(C)C(CCCOc1ccccc1)C(=O)O. The minimum atomic E-state index is -0.709. The normalized spacial score (nSPS) is 12.4. The molecule has 0 saturated carbocycles. The molecule has 0 amide bonds. The van der Waals surface area contributed by atoms with Crippen molar-refractivity contribution in [2.24, 2.45) is 11.8 Å². The van der Waals surface area contributed by atoms with Gasteiger partial charge in [0.15, 0.2) is 0 Å². The van der Waals surface area contributed by atoms with Crippen molar-refractivity contribution < 1.29 is 14.6 Å². The molecule has 0 aliphatic rings. The molecule has 0 aliphatic carbocycles. The van der Waals surface area contributed by atoms with Crippen LogP contribution in [0.2, 0.25) is 0 Å². The van der Waals surface area contributed by atoms with E-state index >= 15 is 0 Å². The van der Waals surface area contributed by atoms with Crippen LogP contribution in [-0.2, 0) is 4.79 Å². The number of carboxylic acids is 1. The van der Waals surface area contributed by atoms with Gasteiger partial charge in [0.1, 0.15) is 5.75 Å². The monoisotopic (exact) mass is 236 g/mol. The summed E-state index contributed by atoms with van der Waals surface area (Å²) in [7, 11) is 0. The summed E-state index contributed by atoms with van der Waals surface area (Å²) in [6.45, 7) is 4.45. The molecule has 0 fully saturated rings. The average Bonchev–Trinajstić information content (AvgIpc) is 2.29. The third-order valence-electron chi connectivity index (χ3n) is 2.79. The lowest BCUT2D eigenvalue weighted by Gasteiger charge is -2.15. The molecule has 1 aromatic rings. The Morgan fingerprint density at radius 3 is 2.47 bits per heavy atom. The second-order valence-corrected chi connectivity index (χ2v) is 4.49. The van der Waals surface area contributed by atoms with E-state index in [2.05, 4.69) is 0 Å². The highest BCUT2D eigenvalue weighted by Crippen LogP contribution is 2.18. The third kappa shape index (κ3) is 4.89. The van der Waals surface area contributed by atoms with E-state index in [0.717, 1.165) is 12.2 Å². The van der Waals surface area contributed by atoms with Gasteiger partial charge in [-0.2, -0.15) is 0 Å². The average molecular weight is 236 g/mol. The summed E-state index contributed by atoms with van der Waals surface area (Å²) < 4.78 is 5.52. The van der Waals surface area contributed by atoms with Gasteiger partial charge in [-0.05, 0) is 30.9 Å². The molecule has 0 spiro atoms. The fraction of sp³-hybridized carbons (Fsp3) is 0.500.